The second-order valence-electron chi connectivity index (χ2n) is 4.20. The molecule has 0 fully saturated rings. The highest BCUT2D eigenvalue weighted by Gasteiger charge is 2.10. The molecule has 0 saturated carbocycles. The van der Waals surface area contributed by atoms with Crippen molar-refractivity contribution in [1.82, 2.24) is 0 Å². The van der Waals surface area contributed by atoms with Crippen LogP contribution >= 0.6 is 23.2 Å². The molecule has 0 bridgehead atoms. The molecule has 108 valence electrons. The lowest BCUT2D eigenvalue weighted by Gasteiger charge is -2.08. The molecule has 0 unspecified atom stereocenters. The van der Waals surface area contributed by atoms with E-state index in [0.29, 0.717) is 27.0 Å². The zero-order valence-corrected chi connectivity index (χ0v) is 12.5. The van der Waals surface area contributed by atoms with E-state index < -0.39 is 5.97 Å². The van der Waals surface area contributed by atoms with Gasteiger partial charge in [0, 0.05) is 17.5 Å². The molecule has 4 nitrogen and oxygen atoms in total. The number of hydrogen-bond donors (Lipinski definition) is 1. The highest BCUT2D eigenvalue weighted by atomic mass is 35.5. The minimum Gasteiger partial charge on any atom is -0.427 e. The molecule has 0 aromatic heterocycles. The topological polar surface area (TPSA) is 55.4 Å². The van der Waals surface area contributed by atoms with Gasteiger partial charge in [-0.25, -0.2) is 0 Å². The Hall–Kier alpha value is -2.04. The van der Waals surface area contributed by atoms with Gasteiger partial charge >= 0.3 is 5.97 Å². The maximum Gasteiger partial charge on any atom is 0.308 e. The summed E-state index contributed by atoms with van der Waals surface area (Å²) in [7, 11) is 0. The second-order valence-corrected chi connectivity index (χ2v) is 5.04. The number of ether oxygens (including phenoxy) is 1. The SMILES string of the molecule is CC(=O)Oc1cccc(C(=O)Nc2cc(Cl)ccc2Cl)c1. The molecule has 1 N–H and O–H groups in total. The van der Waals surface area contributed by atoms with Gasteiger partial charge in [0.15, 0.2) is 0 Å². The fraction of sp³-hybridized carbons (Fsp3) is 0.0667. The van der Waals surface area contributed by atoms with Crippen LogP contribution in [0.1, 0.15) is 17.3 Å². The largest absolute Gasteiger partial charge is 0.427 e. The third kappa shape index (κ3) is 4.21. The summed E-state index contributed by atoms with van der Waals surface area (Å²) in [5, 5.41) is 3.49. The molecule has 0 saturated heterocycles. The number of anilines is 1. The van der Waals surface area contributed by atoms with Gasteiger partial charge < -0.3 is 10.1 Å². The molecular formula is C15H11Cl2NO3. The van der Waals surface area contributed by atoms with E-state index >= 15 is 0 Å². The highest BCUT2D eigenvalue weighted by Crippen LogP contribution is 2.26. The van der Waals surface area contributed by atoms with Crippen molar-refractivity contribution >= 4 is 40.8 Å². The molecule has 0 radical (unpaired) electrons. The van der Waals surface area contributed by atoms with Crippen LogP contribution in [0.4, 0.5) is 5.69 Å². The summed E-state index contributed by atoms with van der Waals surface area (Å²) < 4.78 is 4.93. The average Bonchev–Trinajstić information content (AvgIpc) is 2.42. The Bertz CT molecular complexity index is 701. The Labute approximate surface area is 131 Å². The third-order valence-corrected chi connectivity index (χ3v) is 3.10. The van der Waals surface area contributed by atoms with Crippen LogP contribution in [-0.4, -0.2) is 11.9 Å². The van der Waals surface area contributed by atoms with E-state index in [4.69, 9.17) is 27.9 Å². The molecule has 21 heavy (non-hydrogen) atoms. The van der Waals surface area contributed by atoms with E-state index in [1.54, 1.807) is 36.4 Å². The molecule has 1 amide bonds. The summed E-state index contributed by atoms with van der Waals surface area (Å²) in [6.07, 6.45) is 0. The second kappa shape index (κ2) is 6.61. The van der Waals surface area contributed by atoms with E-state index in [2.05, 4.69) is 5.32 Å². The Morgan fingerprint density at radius 3 is 2.57 bits per heavy atom. The zero-order chi connectivity index (χ0) is 15.4. The lowest BCUT2D eigenvalue weighted by Crippen LogP contribution is -2.12. The number of carbonyl (C=O) groups is 2. The highest BCUT2D eigenvalue weighted by molar-refractivity contribution is 6.35. The minimum atomic E-state index is -0.453. The smallest absolute Gasteiger partial charge is 0.308 e. The van der Waals surface area contributed by atoms with Gasteiger partial charge in [0.1, 0.15) is 5.75 Å². The van der Waals surface area contributed by atoms with Crippen LogP contribution < -0.4 is 10.1 Å². The Morgan fingerprint density at radius 2 is 1.86 bits per heavy atom. The van der Waals surface area contributed by atoms with E-state index in [9.17, 15) is 9.59 Å². The summed E-state index contributed by atoms with van der Waals surface area (Å²) in [5.74, 6) is -0.536. The summed E-state index contributed by atoms with van der Waals surface area (Å²) in [5.41, 5.74) is 0.747. The first-order chi connectivity index (χ1) is 9.95. The predicted octanol–water partition coefficient (Wildman–Crippen LogP) is 4.17. The lowest BCUT2D eigenvalue weighted by molar-refractivity contribution is -0.131. The minimum absolute atomic E-state index is 0.298. The summed E-state index contributed by atoms with van der Waals surface area (Å²) >= 11 is 11.8. The van der Waals surface area contributed by atoms with Gasteiger partial charge in [-0.15, -0.1) is 0 Å². The van der Waals surface area contributed by atoms with E-state index in [0.717, 1.165) is 0 Å². The van der Waals surface area contributed by atoms with Crippen molar-refractivity contribution in [3.8, 4) is 5.75 Å². The van der Waals surface area contributed by atoms with Gasteiger partial charge in [-0.2, -0.15) is 0 Å². The van der Waals surface area contributed by atoms with Crippen molar-refractivity contribution in [3.05, 3.63) is 58.1 Å². The fourth-order valence-corrected chi connectivity index (χ4v) is 1.99. The molecule has 6 heteroatoms. The van der Waals surface area contributed by atoms with Gasteiger partial charge in [-0.3, -0.25) is 9.59 Å². The number of esters is 1. The lowest BCUT2D eigenvalue weighted by atomic mass is 10.2. The van der Waals surface area contributed by atoms with Crippen molar-refractivity contribution < 1.29 is 14.3 Å². The van der Waals surface area contributed by atoms with Crippen LogP contribution in [0, 0.1) is 0 Å². The maximum absolute atomic E-state index is 12.2. The number of benzene rings is 2. The Morgan fingerprint density at radius 1 is 1.10 bits per heavy atom. The number of carbonyl (C=O) groups excluding carboxylic acids is 2. The van der Waals surface area contributed by atoms with Crippen molar-refractivity contribution in [3.63, 3.8) is 0 Å². The molecule has 2 aromatic rings. The van der Waals surface area contributed by atoms with E-state index in [1.807, 2.05) is 0 Å². The van der Waals surface area contributed by atoms with Gasteiger partial charge in [0.2, 0.25) is 0 Å². The first kappa shape index (κ1) is 15.4. The van der Waals surface area contributed by atoms with Crippen molar-refractivity contribution in [2.75, 3.05) is 5.32 Å². The van der Waals surface area contributed by atoms with Crippen molar-refractivity contribution in [2.24, 2.45) is 0 Å². The van der Waals surface area contributed by atoms with Crippen LogP contribution in [0.25, 0.3) is 0 Å². The first-order valence-corrected chi connectivity index (χ1v) is 6.76. The summed E-state index contributed by atoms with van der Waals surface area (Å²) in [6, 6.07) is 11.0. The standard InChI is InChI=1S/C15H11Cl2NO3/c1-9(19)21-12-4-2-3-10(7-12)15(20)18-14-8-11(16)5-6-13(14)17/h2-8H,1H3,(H,18,20). The first-order valence-electron chi connectivity index (χ1n) is 6.00. The normalized spacial score (nSPS) is 10.0. The van der Waals surface area contributed by atoms with Crippen LogP contribution in [-0.2, 0) is 4.79 Å². The molecule has 2 rings (SSSR count). The molecule has 0 aliphatic carbocycles. The molecular weight excluding hydrogens is 313 g/mol. The number of nitrogens with one attached hydrogen (secondary N) is 1. The van der Waals surface area contributed by atoms with Crippen LogP contribution in [0.5, 0.6) is 5.75 Å². The fourth-order valence-electron chi connectivity index (χ4n) is 1.65. The molecule has 0 atom stereocenters. The molecule has 0 heterocycles. The van der Waals surface area contributed by atoms with Gasteiger partial charge in [-0.1, -0.05) is 29.3 Å². The van der Waals surface area contributed by atoms with Crippen LogP contribution in [0.2, 0.25) is 10.0 Å². The predicted molar refractivity (Wildman–Crippen MR) is 82.2 cm³/mol. The van der Waals surface area contributed by atoms with E-state index in [1.165, 1.54) is 13.0 Å². The Kier molecular flexibility index (Phi) is 4.83. The zero-order valence-electron chi connectivity index (χ0n) is 11.0. The van der Waals surface area contributed by atoms with Crippen molar-refractivity contribution in [1.29, 1.82) is 0 Å². The van der Waals surface area contributed by atoms with E-state index in [-0.39, 0.29) is 5.91 Å². The van der Waals surface area contributed by atoms with Gasteiger partial charge in [0.25, 0.3) is 5.91 Å². The molecule has 0 aliphatic rings. The number of rotatable bonds is 3. The third-order valence-electron chi connectivity index (χ3n) is 2.53. The number of amides is 1. The van der Waals surface area contributed by atoms with Crippen LogP contribution in [0.15, 0.2) is 42.5 Å². The summed E-state index contributed by atoms with van der Waals surface area (Å²) in [6.45, 7) is 1.29. The summed E-state index contributed by atoms with van der Waals surface area (Å²) in [4.78, 5) is 23.1. The van der Waals surface area contributed by atoms with Crippen molar-refractivity contribution in [2.45, 2.75) is 6.92 Å². The maximum atomic E-state index is 12.2. The number of hydrogen-bond acceptors (Lipinski definition) is 3. The average molecular weight is 324 g/mol. The Balaban J connectivity index is 2.20. The van der Waals surface area contributed by atoms with Gasteiger partial charge in [-0.05, 0) is 36.4 Å². The molecule has 0 spiro atoms. The van der Waals surface area contributed by atoms with Crippen LogP contribution in [0.3, 0.4) is 0 Å². The molecule has 0 aliphatic heterocycles. The number of halogens is 2. The van der Waals surface area contributed by atoms with Gasteiger partial charge in [0.05, 0.1) is 10.7 Å². The molecule has 2 aromatic carbocycles. The quantitative estimate of drug-likeness (QED) is 0.681. The monoisotopic (exact) mass is 323 g/mol.